The summed E-state index contributed by atoms with van der Waals surface area (Å²) >= 11 is 5.63. The van der Waals surface area contributed by atoms with E-state index in [1.807, 2.05) is 13.8 Å². The Bertz CT molecular complexity index is 746. The molecule has 7 nitrogen and oxygen atoms in total. The molecule has 4 amide bonds. The number of amides is 4. The van der Waals surface area contributed by atoms with Crippen LogP contribution >= 0.6 is 11.6 Å². The molecule has 0 bridgehead atoms. The first kappa shape index (κ1) is 19.9. The average molecular weight is 380 g/mol. The number of carbonyl (C=O) groups excluding carboxylic acids is 4. The summed E-state index contributed by atoms with van der Waals surface area (Å²) in [6.07, 6.45) is 0. The van der Waals surface area contributed by atoms with Gasteiger partial charge in [-0.3, -0.25) is 24.1 Å². The number of imide groups is 1. The Morgan fingerprint density at radius 3 is 2.27 bits per heavy atom. The second kappa shape index (κ2) is 8.31. The zero-order valence-electron chi connectivity index (χ0n) is 15.0. The Morgan fingerprint density at radius 1 is 1.04 bits per heavy atom. The average Bonchev–Trinajstić information content (AvgIpc) is 2.82. The molecule has 140 valence electrons. The minimum Gasteiger partial charge on any atom is -0.353 e. The van der Waals surface area contributed by atoms with E-state index >= 15 is 0 Å². The Labute approximate surface area is 157 Å². The second-order valence-electron chi connectivity index (χ2n) is 6.54. The SMILES string of the molecule is CC(C)CN1C(=O)c2ccc(C(=O)NCCNC(=O)C(C)Cl)cc2C1=O. The van der Waals surface area contributed by atoms with Gasteiger partial charge in [0, 0.05) is 25.2 Å². The van der Waals surface area contributed by atoms with Crippen molar-refractivity contribution < 1.29 is 19.2 Å². The number of benzene rings is 1. The summed E-state index contributed by atoms with van der Waals surface area (Å²) in [4.78, 5) is 49.5. The molecule has 2 rings (SSSR count). The number of fused-ring (bicyclic) bond motifs is 1. The highest BCUT2D eigenvalue weighted by atomic mass is 35.5. The summed E-state index contributed by atoms with van der Waals surface area (Å²) in [7, 11) is 0. The second-order valence-corrected chi connectivity index (χ2v) is 7.19. The number of hydrogen-bond donors (Lipinski definition) is 2. The van der Waals surface area contributed by atoms with Crippen molar-refractivity contribution in [3.05, 3.63) is 34.9 Å². The third-order valence-electron chi connectivity index (χ3n) is 3.85. The van der Waals surface area contributed by atoms with Crippen LogP contribution in [0.5, 0.6) is 0 Å². The first-order chi connectivity index (χ1) is 12.2. The van der Waals surface area contributed by atoms with Gasteiger partial charge in [0.25, 0.3) is 17.7 Å². The van der Waals surface area contributed by atoms with Crippen LogP contribution in [0.25, 0.3) is 0 Å². The van der Waals surface area contributed by atoms with Crippen molar-refractivity contribution in [1.82, 2.24) is 15.5 Å². The fourth-order valence-corrected chi connectivity index (χ4v) is 2.64. The van der Waals surface area contributed by atoms with E-state index in [1.54, 1.807) is 6.92 Å². The molecule has 0 radical (unpaired) electrons. The molecule has 1 aliphatic rings. The molecule has 1 atom stereocenters. The Hall–Kier alpha value is -2.41. The van der Waals surface area contributed by atoms with E-state index in [-0.39, 0.29) is 53.8 Å². The molecule has 1 heterocycles. The van der Waals surface area contributed by atoms with E-state index in [0.717, 1.165) is 0 Å². The van der Waals surface area contributed by atoms with Crippen LogP contribution in [-0.4, -0.2) is 53.5 Å². The molecule has 8 heteroatoms. The van der Waals surface area contributed by atoms with Gasteiger partial charge in [0.05, 0.1) is 11.1 Å². The van der Waals surface area contributed by atoms with Gasteiger partial charge in [-0.25, -0.2) is 0 Å². The van der Waals surface area contributed by atoms with Gasteiger partial charge in [0.2, 0.25) is 5.91 Å². The van der Waals surface area contributed by atoms with Crippen LogP contribution in [0.3, 0.4) is 0 Å². The monoisotopic (exact) mass is 379 g/mol. The van der Waals surface area contributed by atoms with Gasteiger partial charge in [0.15, 0.2) is 0 Å². The van der Waals surface area contributed by atoms with Gasteiger partial charge >= 0.3 is 0 Å². The van der Waals surface area contributed by atoms with Gasteiger partial charge < -0.3 is 10.6 Å². The Balaban J connectivity index is 2.00. The molecule has 26 heavy (non-hydrogen) atoms. The Morgan fingerprint density at radius 2 is 1.65 bits per heavy atom. The number of nitrogens with zero attached hydrogens (tertiary/aromatic N) is 1. The predicted octanol–water partition coefficient (Wildman–Crippen LogP) is 1.41. The molecule has 0 fully saturated rings. The molecule has 0 aromatic heterocycles. The molecular weight excluding hydrogens is 358 g/mol. The number of carbonyl (C=O) groups is 4. The van der Waals surface area contributed by atoms with Crippen LogP contribution in [0, 0.1) is 5.92 Å². The van der Waals surface area contributed by atoms with Crippen molar-refractivity contribution in [2.75, 3.05) is 19.6 Å². The molecule has 1 aliphatic heterocycles. The fraction of sp³-hybridized carbons (Fsp3) is 0.444. The zero-order valence-corrected chi connectivity index (χ0v) is 15.7. The van der Waals surface area contributed by atoms with Crippen molar-refractivity contribution in [2.45, 2.75) is 26.1 Å². The lowest BCUT2D eigenvalue weighted by atomic mass is 10.1. The quantitative estimate of drug-likeness (QED) is 0.425. The first-order valence-corrected chi connectivity index (χ1v) is 8.86. The molecule has 1 unspecified atom stereocenters. The molecule has 2 N–H and O–H groups in total. The molecule has 0 aliphatic carbocycles. The van der Waals surface area contributed by atoms with E-state index in [0.29, 0.717) is 12.1 Å². The Kier molecular flexibility index (Phi) is 6.37. The number of rotatable bonds is 7. The molecular formula is C18H22ClN3O4. The van der Waals surface area contributed by atoms with E-state index in [2.05, 4.69) is 10.6 Å². The molecule has 1 aromatic rings. The van der Waals surface area contributed by atoms with Crippen molar-refractivity contribution in [3.63, 3.8) is 0 Å². The lowest BCUT2D eigenvalue weighted by Gasteiger charge is -2.15. The highest BCUT2D eigenvalue weighted by molar-refractivity contribution is 6.30. The summed E-state index contributed by atoms with van der Waals surface area (Å²) < 4.78 is 0. The van der Waals surface area contributed by atoms with Crippen LogP contribution in [0.1, 0.15) is 51.8 Å². The number of nitrogens with one attached hydrogen (secondary N) is 2. The maximum Gasteiger partial charge on any atom is 0.261 e. The van der Waals surface area contributed by atoms with Crippen LogP contribution in [0.4, 0.5) is 0 Å². The van der Waals surface area contributed by atoms with E-state index in [9.17, 15) is 19.2 Å². The summed E-state index contributed by atoms with van der Waals surface area (Å²) in [6, 6.07) is 4.45. The summed E-state index contributed by atoms with van der Waals surface area (Å²) in [5, 5.41) is 4.58. The standard InChI is InChI=1S/C18H22ClN3O4/c1-10(2)9-22-17(25)13-5-4-12(8-14(13)18(22)26)16(24)21-7-6-20-15(23)11(3)19/h4-5,8,10-11H,6-7,9H2,1-3H3,(H,20,23)(H,21,24). The lowest BCUT2D eigenvalue weighted by molar-refractivity contribution is -0.120. The maximum absolute atomic E-state index is 12.4. The van der Waals surface area contributed by atoms with Crippen LogP contribution in [-0.2, 0) is 4.79 Å². The van der Waals surface area contributed by atoms with Crippen molar-refractivity contribution >= 4 is 35.2 Å². The normalized spacial score (nSPS) is 14.4. The first-order valence-electron chi connectivity index (χ1n) is 8.42. The minimum absolute atomic E-state index is 0.158. The molecule has 0 spiro atoms. The highest BCUT2D eigenvalue weighted by Gasteiger charge is 2.36. The zero-order chi connectivity index (χ0) is 19.4. The third kappa shape index (κ3) is 4.40. The summed E-state index contributed by atoms with van der Waals surface area (Å²) in [6.45, 7) is 6.20. The van der Waals surface area contributed by atoms with Gasteiger partial charge in [-0.1, -0.05) is 13.8 Å². The van der Waals surface area contributed by atoms with Gasteiger partial charge in [-0.05, 0) is 31.0 Å². The third-order valence-corrected chi connectivity index (χ3v) is 4.05. The van der Waals surface area contributed by atoms with E-state index in [4.69, 9.17) is 11.6 Å². The maximum atomic E-state index is 12.4. The summed E-state index contributed by atoms with van der Waals surface area (Å²) in [5.74, 6) is -1.25. The molecule has 0 saturated carbocycles. The van der Waals surface area contributed by atoms with Crippen LogP contribution < -0.4 is 10.6 Å². The van der Waals surface area contributed by atoms with Gasteiger partial charge in [-0.2, -0.15) is 0 Å². The molecule has 1 aromatic carbocycles. The lowest BCUT2D eigenvalue weighted by Crippen LogP contribution is -2.37. The van der Waals surface area contributed by atoms with Crippen LogP contribution in [0.2, 0.25) is 0 Å². The number of hydrogen-bond acceptors (Lipinski definition) is 4. The van der Waals surface area contributed by atoms with E-state index in [1.165, 1.54) is 23.1 Å². The largest absolute Gasteiger partial charge is 0.353 e. The number of alkyl halides is 1. The highest BCUT2D eigenvalue weighted by Crippen LogP contribution is 2.24. The van der Waals surface area contributed by atoms with Gasteiger partial charge in [-0.15, -0.1) is 11.6 Å². The topological polar surface area (TPSA) is 95.6 Å². The van der Waals surface area contributed by atoms with Crippen molar-refractivity contribution in [2.24, 2.45) is 5.92 Å². The summed E-state index contributed by atoms with van der Waals surface area (Å²) in [5.41, 5.74) is 0.844. The van der Waals surface area contributed by atoms with E-state index < -0.39 is 5.38 Å². The van der Waals surface area contributed by atoms with Crippen molar-refractivity contribution in [1.29, 1.82) is 0 Å². The van der Waals surface area contributed by atoms with Crippen LogP contribution in [0.15, 0.2) is 18.2 Å². The minimum atomic E-state index is -0.639. The number of halogens is 1. The predicted molar refractivity (Wildman–Crippen MR) is 97.3 cm³/mol. The van der Waals surface area contributed by atoms with Crippen molar-refractivity contribution in [3.8, 4) is 0 Å². The van der Waals surface area contributed by atoms with Gasteiger partial charge in [0.1, 0.15) is 5.38 Å². The smallest absolute Gasteiger partial charge is 0.261 e. The molecule has 0 saturated heterocycles. The fourth-order valence-electron chi connectivity index (χ4n) is 2.57.